The zero-order valence-electron chi connectivity index (χ0n) is 37.9. The van der Waals surface area contributed by atoms with Crippen LogP contribution >= 0.6 is 0 Å². The highest BCUT2D eigenvalue weighted by atomic mass is 19.1. The van der Waals surface area contributed by atoms with Gasteiger partial charge in [-0.15, -0.1) is 0 Å². The van der Waals surface area contributed by atoms with Gasteiger partial charge in [0.25, 0.3) is 0 Å². The molecule has 16 nitrogen and oxygen atoms in total. The summed E-state index contributed by atoms with van der Waals surface area (Å²) in [5, 5.41) is 16.1. The molecule has 6 heterocycles. The maximum Gasteiger partial charge on any atom is 0.408 e. The van der Waals surface area contributed by atoms with E-state index < -0.39 is 53.5 Å². The number of benzene rings is 4. The zero-order valence-corrected chi connectivity index (χ0v) is 37.9. The molecule has 0 radical (unpaired) electrons. The second-order valence-electron chi connectivity index (χ2n) is 18.7. The average molecular weight is 942 g/mol. The van der Waals surface area contributed by atoms with Crippen molar-refractivity contribution >= 4 is 52.0 Å². The third kappa shape index (κ3) is 8.41. The molecule has 354 valence electrons. The third-order valence-corrected chi connectivity index (χ3v) is 14.3. The molecule has 5 amide bonds. The lowest BCUT2D eigenvalue weighted by atomic mass is 9.71. The molecular formula is C53H48FN9O7. The highest BCUT2D eigenvalue weighted by Crippen LogP contribution is 2.43. The Morgan fingerprint density at radius 3 is 2.29 bits per heavy atom. The Bertz CT molecular complexity index is 3240. The number of nitrogens with one attached hydrogen (secondary N) is 4. The van der Waals surface area contributed by atoms with Crippen molar-refractivity contribution in [2.75, 3.05) is 11.9 Å². The number of aromatic amines is 1. The predicted octanol–water partition coefficient (Wildman–Crippen LogP) is 6.53. The molecule has 7 aromatic rings. The summed E-state index contributed by atoms with van der Waals surface area (Å²) < 4.78 is 22.0. The van der Waals surface area contributed by atoms with Gasteiger partial charge in [0.2, 0.25) is 23.6 Å². The van der Waals surface area contributed by atoms with Crippen LogP contribution in [0.1, 0.15) is 60.8 Å². The van der Waals surface area contributed by atoms with Gasteiger partial charge in [0, 0.05) is 60.2 Å². The highest BCUT2D eigenvalue weighted by Gasteiger charge is 2.46. The van der Waals surface area contributed by atoms with Crippen LogP contribution in [0.5, 0.6) is 0 Å². The number of halogens is 1. The monoisotopic (exact) mass is 941 g/mol. The topological polar surface area (TPSA) is 200 Å². The predicted molar refractivity (Wildman–Crippen MR) is 256 cm³/mol. The number of amides is 5. The van der Waals surface area contributed by atoms with E-state index in [-0.39, 0.29) is 44.0 Å². The Kier molecular flexibility index (Phi) is 11.4. The molecule has 2 saturated heterocycles. The van der Waals surface area contributed by atoms with Crippen LogP contribution in [0.2, 0.25) is 0 Å². The van der Waals surface area contributed by atoms with Gasteiger partial charge in [0.05, 0.1) is 23.3 Å². The van der Waals surface area contributed by atoms with Crippen molar-refractivity contribution in [2.24, 2.45) is 5.92 Å². The van der Waals surface area contributed by atoms with Crippen molar-refractivity contribution in [3.05, 3.63) is 154 Å². The van der Waals surface area contributed by atoms with Crippen LogP contribution in [0.15, 0.2) is 126 Å². The van der Waals surface area contributed by atoms with E-state index in [2.05, 4.69) is 26.1 Å². The largest absolute Gasteiger partial charge is 0.445 e. The number of aromatic nitrogens is 4. The molecule has 3 aromatic heterocycles. The minimum atomic E-state index is -1.43. The van der Waals surface area contributed by atoms with Gasteiger partial charge in [-0.2, -0.15) is 5.10 Å². The number of pyridine rings is 2. The summed E-state index contributed by atoms with van der Waals surface area (Å²) in [6.45, 7) is 0.611. The second kappa shape index (κ2) is 18.0. The molecule has 4 aromatic carbocycles. The van der Waals surface area contributed by atoms with E-state index in [0.29, 0.717) is 35.5 Å². The summed E-state index contributed by atoms with van der Waals surface area (Å²) in [6.07, 6.45) is 1.88. The number of hydrogen-bond acceptors (Lipinski definition) is 9. The van der Waals surface area contributed by atoms with Crippen molar-refractivity contribution in [1.82, 2.24) is 40.0 Å². The van der Waals surface area contributed by atoms with Gasteiger partial charge in [-0.3, -0.25) is 19.2 Å². The first-order valence-electron chi connectivity index (χ1n) is 23.5. The van der Waals surface area contributed by atoms with Gasteiger partial charge in [-0.05, 0) is 77.8 Å². The molecule has 17 heteroatoms. The molecule has 1 saturated carbocycles. The fraction of sp³-hybridized carbons (Fsp3) is 0.283. The van der Waals surface area contributed by atoms with E-state index >= 15 is 0 Å². The normalized spacial score (nSPS) is 20.2. The fourth-order valence-electron chi connectivity index (χ4n) is 10.3. The van der Waals surface area contributed by atoms with Gasteiger partial charge >= 0.3 is 11.8 Å². The number of fused-ring (bicyclic) bond motifs is 4. The molecule has 0 spiro atoms. The summed E-state index contributed by atoms with van der Waals surface area (Å²) in [4.78, 5) is 86.9. The Balaban J connectivity index is 0.694. The number of ether oxygens (including phenoxy) is 1. The van der Waals surface area contributed by atoms with Crippen molar-refractivity contribution in [2.45, 2.75) is 82.0 Å². The molecule has 3 aliphatic heterocycles. The number of alkyl halides is 1. The van der Waals surface area contributed by atoms with E-state index in [9.17, 15) is 33.2 Å². The highest BCUT2D eigenvalue weighted by molar-refractivity contribution is 6.01. The van der Waals surface area contributed by atoms with Gasteiger partial charge in [-0.25, -0.2) is 28.5 Å². The Morgan fingerprint density at radius 2 is 1.57 bits per heavy atom. The second-order valence-corrected chi connectivity index (χ2v) is 18.7. The maximum atomic E-state index is 14.9. The van der Waals surface area contributed by atoms with Gasteiger partial charge in [-0.1, -0.05) is 91.0 Å². The Hall–Kier alpha value is -8.21. The van der Waals surface area contributed by atoms with Crippen LogP contribution in [0.3, 0.4) is 0 Å². The zero-order chi connectivity index (χ0) is 48.1. The summed E-state index contributed by atoms with van der Waals surface area (Å²) in [5.74, 6) is -2.43. The number of carbonyl (C=O) groups is 5. The average Bonchev–Trinajstić information content (AvgIpc) is 4.17. The summed E-state index contributed by atoms with van der Waals surface area (Å²) in [6, 6.07) is 34.1. The molecule has 4 atom stereocenters. The lowest BCUT2D eigenvalue weighted by Crippen LogP contribution is -2.50. The number of rotatable bonds is 11. The molecule has 4 aliphatic rings. The number of carbonyl (C=O) groups excluding carboxylic acids is 5. The Morgan fingerprint density at radius 1 is 0.843 bits per heavy atom. The maximum absolute atomic E-state index is 14.9. The molecule has 4 N–H and O–H groups in total. The Labute approximate surface area is 400 Å². The first-order chi connectivity index (χ1) is 34.0. The number of hydrogen-bond donors (Lipinski definition) is 4. The molecule has 0 bridgehead atoms. The van der Waals surface area contributed by atoms with Gasteiger partial charge < -0.3 is 30.5 Å². The molecular weight excluding hydrogens is 894 g/mol. The van der Waals surface area contributed by atoms with E-state index in [1.54, 1.807) is 41.4 Å². The van der Waals surface area contributed by atoms with Crippen molar-refractivity contribution in [3.63, 3.8) is 0 Å². The van der Waals surface area contributed by atoms with E-state index in [1.807, 2.05) is 84.9 Å². The van der Waals surface area contributed by atoms with E-state index in [4.69, 9.17) is 9.72 Å². The molecule has 1 aliphatic carbocycles. The van der Waals surface area contributed by atoms with Crippen LogP contribution in [-0.2, 0) is 49.2 Å². The number of alkyl carbamates (subject to hydrolysis) is 1. The van der Waals surface area contributed by atoms with Crippen LogP contribution in [0.4, 0.5) is 14.9 Å². The third-order valence-electron chi connectivity index (χ3n) is 14.3. The van der Waals surface area contributed by atoms with Crippen LogP contribution in [0.25, 0.3) is 38.9 Å². The quantitative estimate of drug-likeness (QED) is 0.111. The van der Waals surface area contributed by atoms with Crippen LogP contribution in [0, 0.1) is 5.92 Å². The molecule has 70 heavy (non-hydrogen) atoms. The lowest BCUT2D eigenvalue weighted by molar-refractivity contribution is -0.138. The SMILES string of the molecule is O=C(NC1(c2ccc(-c3nc4ccn5c(=O)[nH]nc5c4cc3-c3ccccc3)cc2)CCC1)OCc1ccc(NC(=O)[C@@H]2C[C@H](F)CN2C(=O)[C@@H]2C[C@@H](CC(=O)N3Cc4ccccc4C3)C(=O)N2)cc1. The van der Waals surface area contributed by atoms with Gasteiger partial charge in [0.1, 0.15) is 24.9 Å². The summed E-state index contributed by atoms with van der Waals surface area (Å²) >= 11 is 0. The van der Waals surface area contributed by atoms with Crippen LogP contribution < -0.4 is 21.6 Å². The lowest BCUT2D eigenvalue weighted by Gasteiger charge is -2.42. The smallest absolute Gasteiger partial charge is 0.408 e. The van der Waals surface area contributed by atoms with E-state index in [1.165, 1.54) is 9.30 Å². The summed E-state index contributed by atoms with van der Waals surface area (Å²) in [7, 11) is 0. The summed E-state index contributed by atoms with van der Waals surface area (Å²) in [5.41, 5.74) is 7.86. The van der Waals surface area contributed by atoms with Crippen LogP contribution in [-0.4, -0.2) is 83.9 Å². The minimum absolute atomic E-state index is 0.0377. The number of likely N-dealkylation sites (tertiary alicyclic amines) is 1. The first kappa shape index (κ1) is 44.3. The van der Waals surface area contributed by atoms with Crippen molar-refractivity contribution in [3.8, 4) is 22.4 Å². The number of anilines is 1. The molecule has 0 unspecified atom stereocenters. The molecule has 11 rings (SSSR count). The fourth-order valence-corrected chi connectivity index (χ4v) is 10.3. The van der Waals surface area contributed by atoms with Crippen molar-refractivity contribution in [1.29, 1.82) is 0 Å². The van der Waals surface area contributed by atoms with E-state index in [0.717, 1.165) is 63.7 Å². The standard InChI is InChI=1S/C53H48FN9O7/c54-38-25-44(63(29-38)50(67)43-23-36(48(65)57-43)24-45(64)61-27-34-9-4-5-10-35(34)28-61)49(66)55-39-17-11-31(12-18-39)30-70-52(69)58-53(20-6-21-53)37-15-13-33(14-16-37)46-40(32-7-2-1-3-8-32)26-41-42(56-46)19-22-62-47(41)59-60-51(62)68/h1-5,7-19,22,26,36,38,43-44H,6,20-21,23-25,27-30H2,(H,55,66)(H,57,65)(H,58,69)(H,60,68)/t36-,38-,43-,44-/m0/s1. The van der Waals surface area contributed by atoms with Crippen molar-refractivity contribution < 1.29 is 33.1 Å². The number of nitrogens with zero attached hydrogens (tertiary/aromatic N) is 5. The van der Waals surface area contributed by atoms with Gasteiger partial charge in [0.15, 0.2) is 5.65 Å². The number of H-pyrrole nitrogens is 1. The molecule has 3 fully saturated rings. The first-order valence-corrected chi connectivity index (χ1v) is 23.5. The minimum Gasteiger partial charge on any atom is -0.445 e.